The molecule has 0 aliphatic carbocycles. The number of amides is 1. The van der Waals surface area contributed by atoms with Crippen molar-refractivity contribution < 1.29 is 19.4 Å². The van der Waals surface area contributed by atoms with E-state index in [2.05, 4.69) is 20.8 Å². The number of hydrogen-bond donors (Lipinski definition) is 2. The van der Waals surface area contributed by atoms with Gasteiger partial charge in [-0.1, -0.05) is 83.0 Å². The first-order valence-corrected chi connectivity index (χ1v) is 12.7. The standard InChI is InChI=1S/C22H22Cl3N5O4S/c1-30-21(27-28-29-30)35-12-17-10-18(14-7-5-13(11-31)6-8-14)34-19(33-17)15-3-2-4-16(9-15)26-20(32)22(23,24)25/h2-9,17-19,31H,10-12H2,1H3,(H,26,32). The van der Waals surface area contributed by atoms with E-state index in [1.165, 1.54) is 11.8 Å². The maximum atomic E-state index is 12.1. The number of nitrogens with one attached hydrogen (secondary N) is 1. The van der Waals surface area contributed by atoms with Gasteiger partial charge < -0.3 is 19.9 Å². The summed E-state index contributed by atoms with van der Waals surface area (Å²) in [6.07, 6.45) is -0.544. The molecule has 1 fully saturated rings. The van der Waals surface area contributed by atoms with Gasteiger partial charge in [0, 0.05) is 30.5 Å². The van der Waals surface area contributed by atoms with Crippen LogP contribution < -0.4 is 5.32 Å². The van der Waals surface area contributed by atoms with Crippen LogP contribution in [0.5, 0.6) is 0 Å². The Hall–Kier alpha value is -1.92. The van der Waals surface area contributed by atoms with Crippen molar-refractivity contribution in [1.29, 1.82) is 0 Å². The van der Waals surface area contributed by atoms with Crippen LogP contribution in [-0.4, -0.2) is 46.9 Å². The highest BCUT2D eigenvalue weighted by atomic mass is 35.6. The summed E-state index contributed by atoms with van der Waals surface area (Å²) in [5.41, 5.74) is 2.92. The molecular weight excluding hydrogens is 537 g/mol. The monoisotopic (exact) mass is 557 g/mol. The van der Waals surface area contributed by atoms with Gasteiger partial charge in [-0.2, -0.15) is 0 Å². The minimum atomic E-state index is -2.09. The molecule has 35 heavy (non-hydrogen) atoms. The molecule has 1 saturated heterocycles. The van der Waals surface area contributed by atoms with Gasteiger partial charge in [0.2, 0.25) is 5.16 Å². The van der Waals surface area contributed by atoms with Gasteiger partial charge in [0.25, 0.3) is 9.70 Å². The molecule has 2 N–H and O–H groups in total. The second-order valence-corrected chi connectivity index (χ2v) is 11.1. The average molecular weight is 559 g/mol. The summed E-state index contributed by atoms with van der Waals surface area (Å²) in [4.78, 5) is 12.1. The number of aliphatic hydroxyl groups is 1. The number of ether oxygens (including phenoxy) is 2. The number of alkyl halides is 3. The number of aromatic nitrogens is 4. The van der Waals surface area contributed by atoms with Crippen molar-refractivity contribution in [2.75, 3.05) is 11.1 Å². The minimum absolute atomic E-state index is 0.0325. The number of tetrazole rings is 1. The van der Waals surface area contributed by atoms with Crippen LogP contribution in [0.3, 0.4) is 0 Å². The first-order chi connectivity index (χ1) is 16.7. The number of benzene rings is 2. The van der Waals surface area contributed by atoms with Crippen molar-refractivity contribution in [2.45, 2.75) is 40.5 Å². The summed E-state index contributed by atoms with van der Waals surface area (Å²) < 4.78 is 12.1. The topological polar surface area (TPSA) is 111 Å². The van der Waals surface area contributed by atoms with Gasteiger partial charge in [-0.15, -0.1) is 5.10 Å². The number of halogens is 3. The minimum Gasteiger partial charge on any atom is -0.392 e. The lowest BCUT2D eigenvalue weighted by atomic mass is 10.0. The molecule has 0 saturated carbocycles. The largest absolute Gasteiger partial charge is 0.392 e. The lowest BCUT2D eigenvalue weighted by Gasteiger charge is -2.36. The third-order valence-electron chi connectivity index (χ3n) is 5.27. The SMILES string of the molecule is Cn1nnnc1SCC1CC(c2ccc(CO)cc2)OC(c2cccc(NC(=O)C(Cl)(Cl)Cl)c2)O1. The number of aryl methyl sites for hydroxylation is 1. The van der Waals surface area contributed by atoms with Gasteiger partial charge in [-0.3, -0.25) is 4.79 Å². The Kier molecular flexibility index (Phi) is 8.54. The number of rotatable bonds is 7. The molecule has 0 radical (unpaired) electrons. The Balaban J connectivity index is 1.55. The number of aliphatic hydroxyl groups excluding tert-OH is 1. The van der Waals surface area contributed by atoms with E-state index in [1.807, 2.05) is 30.3 Å². The number of anilines is 1. The molecule has 13 heteroatoms. The summed E-state index contributed by atoms with van der Waals surface area (Å²) in [7, 11) is 1.78. The van der Waals surface area contributed by atoms with Crippen LogP contribution in [-0.2, 0) is 27.9 Å². The van der Waals surface area contributed by atoms with Gasteiger partial charge in [0.05, 0.1) is 18.8 Å². The number of nitrogens with zero attached hydrogens (tertiary/aromatic N) is 4. The van der Waals surface area contributed by atoms with Gasteiger partial charge in [-0.05, 0) is 33.7 Å². The zero-order valence-electron chi connectivity index (χ0n) is 18.5. The van der Waals surface area contributed by atoms with Crippen LogP contribution in [0.25, 0.3) is 0 Å². The summed E-state index contributed by atoms with van der Waals surface area (Å²) in [5.74, 6) is -0.165. The van der Waals surface area contributed by atoms with E-state index in [0.717, 1.165) is 11.1 Å². The van der Waals surface area contributed by atoms with E-state index < -0.39 is 16.0 Å². The highest BCUT2D eigenvalue weighted by Gasteiger charge is 2.33. The maximum absolute atomic E-state index is 12.1. The van der Waals surface area contributed by atoms with Crippen LogP contribution in [0, 0.1) is 0 Å². The fraction of sp³-hybridized carbons (Fsp3) is 0.364. The quantitative estimate of drug-likeness (QED) is 0.325. The zero-order chi connectivity index (χ0) is 25.0. The van der Waals surface area contributed by atoms with E-state index in [1.54, 1.807) is 29.9 Å². The third kappa shape index (κ3) is 6.85. The molecule has 3 atom stereocenters. The molecule has 2 aromatic carbocycles. The van der Waals surface area contributed by atoms with Crippen LogP contribution >= 0.6 is 46.6 Å². The number of thioether (sulfide) groups is 1. The van der Waals surface area contributed by atoms with Crippen LogP contribution in [0.2, 0.25) is 0 Å². The van der Waals surface area contributed by atoms with Gasteiger partial charge in [-0.25, -0.2) is 4.68 Å². The van der Waals surface area contributed by atoms with E-state index in [-0.39, 0.29) is 18.8 Å². The summed E-state index contributed by atoms with van der Waals surface area (Å²) >= 11 is 18.5. The molecule has 1 aliphatic rings. The molecule has 3 aromatic rings. The predicted molar refractivity (Wildman–Crippen MR) is 133 cm³/mol. The van der Waals surface area contributed by atoms with Crippen LogP contribution in [0.1, 0.15) is 35.5 Å². The van der Waals surface area contributed by atoms with Crippen molar-refractivity contribution in [1.82, 2.24) is 20.2 Å². The van der Waals surface area contributed by atoms with E-state index >= 15 is 0 Å². The predicted octanol–water partition coefficient (Wildman–Crippen LogP) is 4.35. The molecule has 0 bridgehead atoms. The molecular formula is C22H22Cl3N5O4S. The molecule has 1 amide bonds. The molecule has 4 rings (SSSR count). The first kappa shape index (κ1) is 26.2. The van der Waals surface area contributed by atoms with E-state index in [0.29, 0.717) is 28.6 Å². The van der Waals surface area contributed by atoms with Gasteiger partial charge in [0.1, 0.15) is 0 Å². The highest BCUT2D eigenvalue weighted by Crippen LogP contribution is 2.40. The number of hydrogen-bond acceptors (Lipinski definition) is 8. The smallest absolute Gasteiger partial charge is 0.276 e. The molecule has 3 unspecified atom stereocenters. The fourth-order valence-corrected chi connectivity index (χ4v) is 4.51. The van der Waals surface area contributed by atoms with Crippen molar-refractivity contribution in [2.24, 2.45) is 7.05 Å². The number of carbonyl (C=O) groups excluding carboxylic acids is 1. The van der Waals surface area contributed by atoms with E-state index in [9.17, 15) is 9.90 Å². The van der Waals surface area contributed by atoms with Crippen molar-refractivity contribution in [3.05, 3.63) is 65.2 Å². The summed E-state index contributed by atoms with van der Waals surface area (Å²) in [6.45, 7) is -0.0325. The molecule has 0 spiro atoms. The Bertz CT molecular complexity index is 1160. The Morgan fingerprint density at radius 3 is 2.63 bits per heavy atom. The normalized spacial score (nSPS) is 20.5. The van der Waals surface area contributed by atoms with Gasteiger partial charge in [0.15, 0.2) is 6.29 Å². The third-order valence-corrected chi connectivity index (χ3v) is 6.93. The van der Waals surface area contributed by atoms with Crippen molar-refractivity contribution in [3.63, 3.8) is 0 Å². The average Bonchev–Trinajstić information content (AvgIpc) is 3.26. The second-order valence-electron chi connectivity index (χ2n) is 7.82. The Morgan fingerprint density at radius 1 is 1.20 bits per heavy atom. The lowest BCUT2D eigenvalue weighted by Crippen LogP contribution is -2.31. The molecule has 1 aliphatic heterocycles. The zero-order valence-corrected chi connectivity index (χ0v) is 21.6. The second kappa shape index (κ2) is 11.4. The van der Waals surface area contributed by atoms with E-state index in [4.69, 9.17) is 44.3 Å². The fourth-order valence-electron chi connectivity index (χ4n) is 3.50. The first-order valence-electron chi connectivity index (χ1n) is 10.6. The molecule has 9 nitrogen and oxygen atoms in total. The van der Waals surface area contributed by atoms with Crippen LogP contribution in [0.15, 0.2) is 53.7 Å². The highest BCUT2D eigenvalue weighted by molar-refractivity contribution is 7.99. The Labute approximate surface area is 221 Å². The lowest BCUT2D eigenvalue weighted by molar-refractivity contribution is -0.245. The van der Waals surface area contributed by atoms with Crippen molar-refractivity contribution >= 4 is 58.2 Å². The molecule has 1 aromatic heterocycles. The van der Waals surface area contributed by atoms with Gasteiger partial charge >= 0.3 is 0 Å². The summed E-state index contributed by atoms with van der Waals surface area (Å²) in [6, 6.07) is 14.6. The maximum Gasteiger partial charge on any atom is 0.276 e. The Morgan fingerprint density at radius 2 is 1.97 bits per heavy atom. The molecule has 186 valence electrons. The number of carbonyl (C=O) groups is 1. The van der Waals surface area contributed by atoms with Crippen LogP contribution in [0.4, 0.5) is 5.69 Å². The molecule has 2 heterocycles. The van der Waals surface area contributed by atoms with Crippen molar-refractivity contribution in [3.8, 4) is 0 Å². The summed E-state index contributed by atoms with van der Waals surface area (Å²) in [5, 5.41) is 24.2.